The van der Waals surface area contributed by atoms with Crippen LogP contribution in [-0.2, 0) is 19.1 Å². The molecule has 1 N–H and O–H groups in total. The molecule has 1 heterocycles. The lowest BCUT2D eigenvalue weighted by Gasteiger charge is -2.27. The molecule has 27 heavy (non-hydrogen) atoms. The van der Waals surface area contributed by atoms with Crippen molar-refractivity contribution >= 4 is 11.9 Å². The van der Waals surface area contributed by atoms with Crippen molar-refractivity contribution in [3.05, 3.63) is 35.9 Å². The molecule has 1 saturated heterocycles. The van der Waals surface area contributed by atoms with Crippen LogP contribution in [0, 0.1) is 0 Å². The fourth-order valence-electron chi connectivity index (χ4n) is 2.99. The molecular formula is C20H31N3O4. The number of morpholine rings is 1. The van der Waals surface area contributed by atoms with E-state index in [1.54, 1.807) is 6.92 Å². The van der Waals surface area contributed by atoms with Gasteiger partial charge >= 0.3 is 5.97 Å². The van der Waals surface area contributed by atoms with Crippen LogP contribution in [0.3, 0.4) is 0 Å². The van der Waals surface area contributed by atoms with E-state index in [1.807, 2.05) is 49.2 Å². The van der Waals surface area contributed by atoms with Crippen LogP contribution in [0.25, 0.3) is 0 Å². The van der Waals surface area contributed by atoms with Gasteiger partial charge in [0.05, 0.1) is 13.2 Å². The third-order valence-electron chi connectivity index (χ3n) is 4.77. The number of likely N-dealkylation sites (N-methyl/N-ethyl adjacent to an activating group) is 1. The van der Waals surface area contributed by atoms with Crippen LogP contribution in [0.4, 0.5) is 0 Å². The van der Waals surface area contributed by atoms with E-state index in [9.17, 15) is 9.59 Å². The Bertz CT molecular complexity index is 590. The zero-order valence-electron chi connectivity index (χ0n) is 16.5. The summed E-state index contributed by atoms with van der Waals surface area (Å²) < 4.78 is 10.8. The van der Waals surface area contributed by atoms with Gasteiger partial charge in [-0.2, -0.15) is 0 Å². The minimum Gasteiger partial charge on any atom is -0.451 e. The van der Waals surface area contributed by atoms with Gasteiger partial charge < -0.3 is 14.8 Å². The van der Waals surface area contributed by atoms with Crippen molar-refractivity contribution < 1.29 is 19.1 Å². The average molecular weight is 377 g/mol. The Morgan fingerprint density at radius 1 is 1.26 bits per heavy atom. The molecule has 2 atom stereocenters. The number of carbonyl (C=O) groups is 2. The fraction of sp³-hybridized carbons (Fsp3) is 0.600. The van der Waals surface area contributed by atoms with Crippen molar-refractivity contribution in [2.75, 3.05) is 53.0 Å². The van der Waals surface area contributed by atoms with E-state index >= 15 is 0 Å². The van der Waals surface area contributed by atoms with Gasteiger partial charge in [-0.3, -0.25) is 14.6 Å². The zero-order valence-corrected chi connectivity index (χ0v) is 16.5. The Hall–Kier alpha value is -1.96. The third-order valence-corrected chi connectivity index (χ3v) is 4.77. The van der Waals surface area contributed by atoms with Crippen molar-refractivity contribution in [2.24, 2.45) is 0 Å². The number of ether oxygens (including phenoxy) is 2. The first-order chi connectivity index (χ1) is 13.0. The van der Waals surface area contributed by atoms with Crippen LogP contribution in [0.1, 0.15) is 25.5 Å². The lowest BCUT2D eigenvalue weighted by Crippen LogP contribution is -2.44. The average Bonchev–Trinajstić information content (AvgIpc) is 2.69. The van der Waals surface area contributed by atoms with Crippen LogP contribution in [-0.4, -0.2) is 80.8 Å². The van der Waals surface area contributed by atoms with Gasteiger partial charge in [0.25, 0.3) is 5.91 Å². The van der Waals surface area contributed by atoms with Crippen molar-refractivity contribution in [3.63, 3.8) is 0 Å². The molecule has 0 aliphatic carbocycles. The van der Waals surface area contributed by atoms with Gasteiger partial charge in [0.15, 0.2) is 6.10 Å². The molecular weight excluding hydrogens is 346 g/mol. The zero-order chi connectivity index (χ0) is 19.6. The largest absolute Gasteiger partial charge is 0.451 e. The number of hydrogen-bond donors (Lipinski definition) is 1. The highest BCUT2D eigenvalue weighted by atomic mass is 16.5. The first kappa shape index (κ1) is 21.3. The Labute approximate surface area is 161 Å². The van der Waals surface area contributed by atoms with Gasteiger partial charge in [0.1, 0.15) is 6.04 Å². The van der Waals surface area contributed by atoms with Gasteiger partial charge in [-0.05, 0) is 26.1 Å². The highest BCUT2D eigenvalue weighted by molar-refractivity contribution is 5.85. The monoisotopic (exact) mass is 377 g/mol. The summed E-state index contributed by atoms with van der Waals surface area (Å²) in [4.78, 5) is 29.1. The molecule has 1 aliphatic rings. The normalized spacial score (nSPS) is 17.3. The molecule has 1 fully saturated rings. The molecule has 0 spiro atoms. The number of amides is 1. The van der Waals surface area contributed by atoms with Gasteiger partial charge in [-0.15, -0.1) is 0 Å². The summed E-state index contributed by atoms with van der Waals surface area (Å²) in [6, 6.07) is 8.94. The summed E-state index contributed by atoms with van der Waals surface area (Å²) >= 11 is 0. The summed E-state index contributed by atoms with van der Waals surface area (Å²) in [5.41, 5.74) is 0.853. The second-order valence-electron chi connectivity index (χ2n) is 6.71. The summed E-state index contributed by atoms with van der Waals surface area (Å²) in [6.07, 6.45) is -0.835. The Morgan fingerprint density at radius 3 is 2.56 bits per heavy atom. The van der Waals surface area contributed by atoms with Crippen LogP contribution in [0.5, 0.6) is 0 Å². The predicted octanol–water partition coefficient (Wildman–Crippen LogP) is 1.06. The molecule has 150 valence electrons. The van der Waals surface area contributed by atoms with E-state index in [0.29, 0.717) is 13.1 Å². The minimum absolute atomic E-state index is 0.275. The van der Waals surface area contributed by atoms with E-state index < -0.39 is 18.1 Å². The van der Waals surface area contributed by atoms with Gasteiger partial charge in [0, 0.05) is 26.2 Å². The topological polar surface area (TPSA) is 71.1 Å². The summed E-state index contributed by atoms with van der Waals surface area (Å²) in [5, 5.41) is 2.84. The lowest BCUT2D eigenvalue weighted by atomic mass is 10.1. The number of benzene rings is 1. The Morgan fingerprint density at radius 2 is 1.93 bits per heavy atom. The SMILES string of the molecule is CCN(C)[C@H](C(=O)O[C@@H](C)C(=O)NCCN1CCOCC1)c1ccccc1. The summed E-state index contributed by atoms with van der Waals surface area (Å²) in [5.74, 6) is -0.691. The molecule has 1 amide bonds. The van der Waals surface area contributed by atoms with E-state index in [4.69, 9.17) is 9.47 Å². The molecule has 1 aliphatic heterocycles. The fourth-order valence-corrected chi connectivity index (χ4v) is 2.99. The van der Waals surface area contributed by atoms with E-state index in [0.717, 1.165) is 38.4 Å². The maximum absolute atomic E-state index is 12.7. The second kappa shape index (κ2) is 11.0. The molecule has 0 unspecified atom stereocenters. The number of nitrogens with zero attached hydrogens (tertiary/aromatic N) is 2. The van der Waals surface area contributed by atoms with Crippen molar-refractivity contribution in [1.82, 2.24) is 15.1 Å². The first-order valence-electron chi connectivity index (χ1n) is 9.56. The number of esters is 1. The molecule has 7 heteroatoms. The van der Waals surface area contributed by atoms with Crippen LogP contribution >= 0.6 is 0 Å². The number of nitrogens with one attached hydrogen (secondary N) is 1. The second-order valence-corrected chi connectivity index (χ2v) is 6.71. The summed E-state index contributed by atoms with van der Waals surface area (Å²) in [7, 11) is 1.87. The van der Waals surface area contributed by atoms with Crippen LogP contribution < -0.4 is 5.32 Å². The highest BCUT2D eigenvalue weighted by Gasteiger charge is 2.29. The van der Waals surface area contributed by atoms with Crippen molar-refractivity contribution in [2.45, 2.75) is 26.0 Å². The van der Waals surface area contributed by atoms with Gasteiger partial charge in [-0.25, -0.2) is 4.79 Å². The molecule has 1 aromatic rings. The van der Waals surface area contributed by atoms with Gasteiger partial charge in [0.2, 0.25) is 0 Å². The van der Waals surface area contributed by atoms with Crippen molar-refractivity contribution in [1.29, 1.82) is 0 Å². The standard InChI is InChI=1S/C20H31N3O4/c1-4-22(3)18(17-8-6-5-7-9-17)20(25)27-16(2)19(24)21-10-11-23-12-14-26-15-13-23/h5-9,16,18H,4,10-15H2,1-3H3,(H,21,24)/t16-,18-/m0/s1. The molecule has 0 saturated carbocycles. The molecule has 0 radical (unpaired) electrons. The van der Waals surface area contributed by atoms with Crippen molar-refractivity contribution in [3.8, 4) is 0 Å². The van der Waals surface area contributed by atoms with Gasteiger partial charge in [-0.1, -0.05) is 37.3 Å². The number of hydrogen-bond acceptors (Lipinski definition) is 6. The smallest absolute Gasteiger partial charge is 0.328 e. The Balaban J connectivity index is 1.85. The minimum atomic E-state index is -0.835. The number of rotatable bonds is 9. The maximum Gasteiger partial charge on any atom is 0.328 e. The predicted molar refractivity (Wildman–Crippen MR) is 103 cm³/mol. The van der Waals surface area contributed by atoms with E-state index in [1.165, 1.54) is 0 Å². The van der Waals surface area contributed by atoms with Crippen LogP contribution in [0.2, 0.25) is 0 Å². The maximum atomic E-state index is 12.7. The third kappa shape index (κ3) is 6.61. The molecule has 2 rings (SSSR count). The Kier molecular flexibility index (Phi) is 8.71. The number of carbonyl (C=O) groups excluding carboxylic acids is 2. The first-order valence-corrected chi connectivity index (χ1v) is 9.56. The molecule has 0 aromatic heterocycles. The van der Waals surface area contributed by atoms with E-state index in [-0.39, 0.29) is 5.91 Å². The molecule has 7 nitrogen and oxygen atoms in total. The molecule has 1 aromatic carbocycles. The lowest BCUT2D eigenvalue weighted by molar-refractivity contribution is -0.159. The van der Waals surface area contributed by atoms with E-state index in [2.05, 4.69) is 10.2 Å². The quantitative estimate of drug-likeness (QED) is 0.649. The molecule has 0 bridgehead atoms. The summed E-state index contributed by atoms with van der Waals surface area (Å²) in [6.45, 7) is 8.78. The van der Waals surface area contributed by atoms with Crippen LogP contribution in [0.15, 0.2) is 30.3 Å². The highest BCUT2D eigenvalue weighted by Crippen LogP contribution is 2.21.